The normalized spacial score (nSPS) is 16.7. The summed E-state index contributed by atoms with van der Waals surface area (Å²) < 4.78 is 22.8. The van der Waals surface area contributed by atoms with E-state index in [9.17, 15) is 14.4 Å². The smallest absolute Gasteiger partial charge is 0.417 e. The summed E-state index contributed by atoms with van der Waals surface area (Å²) in [5.41, 5.74) is 4.28. The van der Waals surface area contributed by atoms with Gasteiger partial charge in [-0.1, -0.05) is 90.5 Å². The van der Waals surface area contributed by atoms with Gasteiger partial charge in [0.1, 0.15) is 17.8 Å². The molecule has 3 atom stereocenters. The highest BCUT2D eigenvalue weighted by Gasteiger charge is 2.47. The number of aliphatic hydroxyl groups excluding tert-OH is 1. The topological polar surface area (TPSA) is 116 Å². The van der Waals surface area contributed by atoms with Gasteiger partial charge in [-0.2, -0.15) is 0 Å². The van der Waals surface area contributed by atoms with E-state index in [-0.39, 0.29) is 25.4 Å². The fourth-order valence-corrected chi connectivity index (χ4v) is 5.84. The highest BCUT2D eigenvalue weighted by Crippen LogP contribution is 2.35. The molecule has 1 aromatic heterocycles. The average Bonchev–Trinajstić information content (AvgIpc) is 3.65. The number of hydrogen-bond acceptors (Lipinski definition) is 8. The van der Waals surface area contributed by atoms with E-state index in [0.29, 0.717) is 38.4 Å². The fraction of sp³-hybridized carbons (Fsp3) is 0.342. The van der Waals surface area contributed by atoms with Gasteiger partial charge in [-0.3, -0.25) is 9.59 Å². The summed E-state index contributed by atoms with van der Waals surface area (Å²) in [5, 5.41) is 8.84. The lowest BCUT2D eigenvalue weighted by atomic mass is 9.91. The molecule has 3 aromatic carbocycles. The second kappa shape index (κ2) is 16.3. The van der Waals surface area contributed by atoms with Gasteiger partial charge >= 0.3 is 6.09 Å². The predicted octanol–water partition coefficient (Wildman–Crippen LogP) is 6.36. The van der Waals surface area contributed by atoms with E-state index in [2.05, 4.69) is 0 Å². The lowest BCUT2D eigenvalue weighted by Crippen LogP contribution is -2.44. The molecule has 0 radical (unpaired) electrons. The van der Waals surface area contributed by atoms with Crippen LogP contribution in [0.3, 0.4) is 0 Å². The lowest BCUT2D eigenvalue weighted by Gasteiger charge is -2.23. The van der Waals surface area contributed by atoms with Gasteiger partial charge in [0.05, 0.1) is 32.5 Å². The van der Waals surface area contributed by atoms with Crippen molar-refractivity contribution in [1.82, 2.24) is 4.90 Å². The molecular formula is C38H41NO8. The van der Waals surface area contributed by atoms with Gasteiger partial charge in [0, 0.05) is 18.6 Å². The lowest BCUT2D eigenvalue weighted by molar-refractivity contribution is -0.131. The highest BCUT2D eigenvalue weighted by molar-refractivity contribution is 6.12. The first-order valence-electron chi connectivity index (χ1n) is 16.0. The summed E-state index contributed by atoms with van der Waals surface area (Å²) in [5.74, 6) is -1.67. The van der Waals surface area contributed by atoms with Gasteiger partial charge in [0.25, 0.3) is 0 Å². The van der Waals surface area contributed by atoms with Crippen molar-refractivity contribution in [3.8, 4) is 11.1 Å². The van der Waals surface area contributed by atoms with Crippen LogP contribution in [0.15, 0.2) is 95.4 Å². The molecule has 4 aromatic rings. The Morgan fingerprint density at radius 2 is 1.60 bits per heavy atom. The summed E-state index contributed by atoms with van der Waals surface area (Å²) in [6.45, 7) is 5.23. The summed E-state index contributed by atoms with van der Waals surface area (Å²) in [6.07, 6.45) is -0.201. The van der Waals surface area contributed by atoms with Crippen molar-refractivity contribution in [3.05, 3.63) is 119 Å². The number of aliphatic hydroxyl groups is 1. The molecule has 0 saturated carbocycles. The number of cyclic esters (lactones) is 1. The van der Waals surface area contributed by atoms with Crippen LogP contribution in [0, 0.1) is 12.8 Å². The van der Waals surface area contributed by atoms with Crippen LogP contribution in [0.5, 0.6) is 0 Å². The fourth-order valence-electron chi connectivity index (χ4n) is 5.84. The molecule has 246 valence electrons. The minimum Gasteiger partial charge on any atom is -0.457 e. The quantitative estimate of drug-likeness (QED) is 0.0855. The monoisotopic (exact) mass is 639 g/mol. The van der Waals surface area contributed by atoms with E-state index in [1.165, 1.54) is 0 Å². The Bertz CT molecular complexity index is 1630. The van der Waals surface area contributed by atoms with Gasteiger partial charge in [0.2, 0.25) is 11.7 Å². The number of benzene rings is 3. The SMILES string of the molecule is Cc1cccc(-c2cc(C(=O)[C@H](Cc3ccccc3)C(=O)N3C(=O)O[C@@H](c4ccccc4)[C@H]3C)oc2CCCOCCOCCO)c1. The van der Waals surface area contributed by atoms with E-state index >= 15 is 0 Å². The van der Waals surface area contributed by atoms with E-state index < -0.39 is 35.8 Å². The molecule has 47 heavy (non-hydrogen) atoms. The number of hydrogen-bond donors (Lipinski definition) is 1. The van der Waals surface area contributed by atoms with Crippen molar-refractivity contribution in [2.24, 2.45) is 5.92 Å². The van der Waals surface area contributed by atoms with Gasteiger partial charge < -0.3 is 23.7 Å². The molecule has 0 spiro atoms. The van der Waals surface area contributed by atoms with Crippen molar-refractivity contribution in [2.45, 2.75) is 45.3 Å². The van der Waals surface area contributed by atoms with E-state index in [1.54, 1.807) is 13.0 Å². The number of aryl methyl sites for hydroxylation is 2. The Labute approximate surface area is 275 Å². The number of Topliss-reactive ketones (excluding diaryl/α,β-unsaturated/α-hetero) is 1. The summed E-state index contributed by atoms with van der Waals surface area (Å²) in [4.78, 5) is 42.8. The van der Waals surface area contributed by atoms with Crippen LogP contribution in [0.2, 0.25) is 0 Å². The van der Waals surface area contributed by atoms with Crippen molar-refractivity contribution in [1.29, 1.82) is 0 Å². The van der Waals surface area contributed by atoms with Gasteiger partial charge in [-0.25, -0.2) is 9.69 Å². The number of carbonyl (C=O) groups excluding carboxylic acids is 3. The first kappa shape index (κ1) is 33.8. The van der Waals surface area contributed by atoms with Crippen molar-refractivity contribution < 1.29 is 38.1 Å². The highest BCUT2D eigenvalue weighted by atomic mass is 16.6. The largest absolute Gasteiger partial charge is 0.457 e. The molecule has 9 nitrogen and oxygen atoms in total. The van der Waals surface area contributed by atoms with Crippen LogP contribution >= 0.6 is 0 Å². The molecule has 1 N–H and O–H groups in total. The van der Waals surface area contributed by atoms with Crippen LogP contribution in [0.25, 0.3) is 11.1 Å². The first-order valence-corrected chi connectivity index (χ1v) is 16.0. The number of imide groups is 1. The van der Waals surface area contributed by atoms with Crippen LogP contribution in [0.4, 0.5) is 4.79 Å². The number of nitrogens with zero attached hydrogens (tertiary/aromatic N) is 1. The zero-order chi connectivity index (χ0) is 33.2. The molecule has 0 unspecified atom stereocenters. The van der Waals surface area contributed by atoms with E-state index in [0.717, 1.165) is 32.7 Å². The molecule has 2 amide bonds. The standard InChI is InChI=1S/C38H41NO8/c1-26-11-9-16-30(23-26)31-25-34(46-33(31)17-10-19-44-21-22-45-20-18-40)35(41)32(24-28-12-5-3-6-13-28)37(42)39-27(2)36(47-38(39)43)29-14-7-4-8-15-29/h3-9,11-16,23,25,27,32,36,40H,10,17-22,24H2,1-2H3/t27-,32+,36-/m1/s1. The summed E-state index contributed by atoms with van der Waals surface area (Å²) in [6, 6.07) is 27.6. The van der Waals surface area contributed by atoms with E-state index in [1.807, 2.05) is 91.9 Å². The maximum Gasteiger partial charge on any atom is 0.417 e. The van der Waals surface area contributed by atoms with Crippen LogP contribution in [-0.4, -0.2) is 66.9 Å². The molecule has 0 aliphatic carbocycles. The second-order valence-electron chi connectivity index (χ2n) is 11.6. The third-order valence-corrected chi connectivity index (χ3v) is 8.21. The Morgan fingerprint density at radius 1 is 0.894 bits per heavy atom. The zero-order valence-electron chi connectivity index (χ0n) is 26.8. The molecular weight excluding hydrogens is 598 g/mol. The summed E-state index contributed by atoms with van der Waals surface area (Å²) >= 11 is 0. The van der Waals surface area contributed by atoms with Crippen molar-refractivity contribution >= 4 is 17.8 Å². The average molecular weight is 640 g/mol. The van der Waals surface area contributed by atoms with Crippen LogP contribution in [0.1, 0.15) is 52.5 Å². The zero-order valence-corrected chi connectivity index (χ0v) is 26.8. The predicted molar refractivity (Wildman–Crippen MR) is 176 cm³/mol. The third-order valence-electron chi connectivity index (χ3n) is 8.21. The molecule has 1 aliphatic rings. The van der Waals surface area contributed by atoms with Crippen molar-refractivity contribution in [3.63, 3.8) is 0 Å². The van der Waals surface area contributed by atoms with Gasteiger partial charge in [-0.05, 0) is 49.4 Å². The van der Waals surface area contributed by atoms with Gasteiger partial charge in [-0.15, -0.1) is 0 Å². The maximum atomic E-state index is 14.3. The number of ketones is 1. The Hall–Kier alpha value is -4.57. The number of carbonyl (C=O) groups is 3. The number of rotatable bonds is 16. The Morgan fingerprint density at radius 3 is 2.30 bits per heavy atom. The second-order valence-corrected chi connectivity index (χ2v) is 11.6. The number of amides is 2. The summed E-state index contributed by atoms with van der Waals surface area (Å²) in [7, 11) is 0. The molecule has 1 aliphatic heterocycles. The molecule has 0 bridgehead atoms. The van der Waals surface area contributed by atoms with Crippen LogP contribution < -0.4 is 0 Å². The Kier molecular flexibility index (Phi) is 11.7. The minimum absolute atomic E-state index is 0.0333. The van der Waals surface area contributed by atoms with Crippen molar-refractivity contribution in [2.75, 3.05) is 33.0 Å². The molecule has 1 saturated heterocycles. The maximum absolute atomic E-state index is 14.3. The van der Waals surface area contributed by atoms with E-state index in [4.69, 9.17) is 23.7 Å². The minimum atomic E-state index is -1.21. The molecule has 1 fully saturated rings. The molecule has 5 rings (SSSR count). The van der Waals surface area contributed by atoms with Gasteiger partial charge in [0.15, 0.2) is 5.76 Å². The number of furan rings is 1. The first-order chi connectivity index (χ1) is 22.9. The molecule has 9 heteroatoms. The third kappa shape index (κ3) is 8.43. The van der Waals surface area contributed by atoms with Crippen LogP contribution in [-0.2, 0) is 31.8 Å². The Balaban J connectivity index is 1.41. The molecule has 2 heterocycles. The number of ether oxygens (including phenoxy) is 3.